The van der Waals surface area contributed by atoms with E-state index in [-0.39, 0.29) is 5.66 Å². The number of hydrogen-bond acceptors (Lipinski definition) is 3. The third kappa shape index (κ3) is 5.21. The molecule has 0 spiro atoms. The van der Waals surface area contributed by atoms with E-state index in [4.69, 9.17) is 4.74 Å². The van der Waals surface area contributed by atoms with Gasteiger partial charge in [0.2, 0.25) is 0 Å². The first-order valence-corrected chi connectivity index (χ1v) is 10.6. The first-order valence-electron chi connectivity index (χ1n) is 9.53. The molecule has 0 amide bonds. The summed E-state index contributed by atoms with van der Waals surface area (Å²) in [5.74, 6) is 1.11. The van der Waals surface area contributed by atoms with Gasteiger partial charge in [-0.05, 0) is 42.1 Å². The molecule has 0 aliphatic carbocycles. The maximum Gasteiger partial charge on any atom is 0.119 e. The van der Waals surface area contributed by atoms with Gasteiger partial charge in [0.25, 0.3) is 0 Å². The third-order valence-corrected chi connectivity index (χ3v) is 6.30. The topological polar surface area (TPSA) is 41.8 Å². The number of nitrogens with zero attached hydrogens (tertiary/aromatic N) is 1. The second kappa shape index (κ2) is 10.1. The number of hydrogen-bond donors (Lipinski definition) is 1. The molecule has 3 aromatic carbocycles. The predicted octanol–water partition coefficient (Wildman–Crippen LogP) is 6.00. The minimum Gasteiger partial charge on any atom is -0.508 e. The maximum absolute atomic E-state index is 10.4. The van der Waals surface area contributed by atoms with Gasteiger partial charge >= 0.3 is 0 Å². The molecule has 0 saturated heterocycles. The summed E-state index contributed by atoms with van der Waals surface area (Å²) in [4.78, 5) is 4.62. The Labute approximate surface area is 168 Å². The quantitative estimate of drug-likeness (QED) is 0.378. The summed E-state index contributed by atoms with van der Waals surface area (Å²) < 4.78 is 5.37. The van der Waals surface area contributed by atoms with Gasteiger partial charge in [-0.3, -0.25) is 4.99 Å². The van der Waals surface area contributed by atoms with Crippen molar-refractivity contribution in [3.05, 3.63) is 83.9 Å². The highest BCUT2D eigenvalue weighted by atomic mass is 31.1. The second-order valence-electron chi connectivity index (χ2n) is 6.59. The lowest BCUT2D eigenvalue weighted by atomic mass is 10.1. The van der Waals surface area contributed by atoms with Crippen molar-refractivity contribution in [2.24, 2.45) is 4.99 Å². The standard InChI is InChI=1S/C24H26NO2P/c1-3-9-24(21-16-20(27-2)14-15-22(21)26)28-23-13-8-7-10-18(23)17-25-19-11-5-4-6-12-19/h4-8,10-17,24,26,28H,3,9H2,1-2H3/b25-17+. The van der Waals surface area contributed by atoms with Crippen LogP contribution < -0.4 is 10.0 Å². The molecule has 144 valence electrons. The lowest BCUT2D eigenvalue weighted by Crippen LogP contribution is -2.07. The summed E-state index contributed by atoms with van der Waals surface area (Å²) in [7, 11) is 2.19. The van der Waals surface area contributed by atoms with E-state index in [1.54, 1.807) is 19.2 Å². The minimum atomic E-state index is 0.242. The highest BCUT2D eigenvalue weighted by Gasteiger charge is 2.17. The van der Waals surface area contributed by atoms with E-state index in [2.05, 4.69) is 30.1 Å². The zero-order valence-corrected chi connectivity index (χ0v) is 17.3. The van der Waals surface area contributed by atoms with E-state index in [0.717, 1.165) is 35.4 Å². The van der Waals surface area contributed by atoms with Crippen LogP contribution in [0.5, 0.6) is 11.5 Å². The first-order chi connectivity index (χ1) is 13.7. The van der Waals surface area contributed by atoms with Crippen LogP contribution >= 0.6 is 8.58 Å². The molecule has 0 aliphatic rings. The summed E-state index contributed by atoms with van der Waals surface area (Å²) in [6.07, 6.45) is 3.99. The van der Waals surface area contributed by atoms with Gasteiger partial charge in [-0.1, -0.05) is 64.4 Å². The minimum absolute atomic E-state index is 0.242. The normalized spacial score (nSPS) is 12.6. The molecule has 0 aromatic heterocycles. The van der Waals surface area contributed by atoms with Crippen LogP contribution in [0.1, 0.15) is 36.6 Å². The smallest absolute Gasteiger partial charge is 0.119 e. The number of aliphatic imine (C=N–C) groups is 1. The number of benzene rings is 3. The Morgan fingerprint density at radius 2 is 1.79 bits per heavy atom. The van der Waals surface area contributed by atoms with Gasteiger partial charge in [-0.2, -0.15) is 0 Å². The van der Waals surface area contributed by atoms with Gasteiger partial charge in [0.1, 0.15) is 11.5 Å². The van der Waals surface area contributed by atoms with Crippen molar-refractivity contribution in [1.29, 1.82) is 0 Å². The average molecular weight is 391 g/mol. The number of aromatic hydroxyl groups is 1. The first kappa shape index (κ1) is 20.1. The Morgan fingerprint density at radius 1 is 1.04 bits per heavy atom. The summed E-state index contributed by atoms with van der Waals surface area (Å²) in [6, 6.07) is 23.8. The number of ether oxygens (including phenoxy) is 1. The van der Waals surface area contributed by atoms with Gasteiger partial charge in [0.15, 0.2) is 0 Å². The molecular weight excluding hydrogens is 365 g/mol. The Bertz CT molecular complexity index is 925. The molecule has 0 fully saturated rings. The summed E-state index contributed by atoms with van der Waals surface area (Å²) in [5, 5.41) is 11.7. The molecule has 0 radical (unpaired) electrons. The van der Waals surface area contributed by atoms with Gasteiger partial charge < -0.3 is 9.84 Å². The summed E-state index contributed by atoms with van der Waals surface area (Å²) >= 11 is 0. The number of methoxy groups -OCH3 is 1. The molecular formula is C24H26NO2P. The van der Waals surface area contributed by atoms with Crippen LogP contribution in [-0.4, -0.2) is 18.4 Å². The molecule has 4 heteroatoms. The van der Waals surface area contributed by atoms with Gasteiger partial charge in [-0.15, -0.1) is 0 Å². The molecule has 0 saturated carbocycles. The molecule has 3 rings (SSSR count). The van der Waals surface area contributed by atoms with E-state index in [1.807, 2.05) is 48.7 Å². The van der Waals surface area contributed by atoms with E-state index < -0.39 is 0 Å². The fraction of sp³-hybridized carbons (Fsp3) is 0.208. The summed E-state index contributed by atoms with van der Waals surface area (Å²) in [5.41, 5.74) is 3.25. The molecule has 0 aliphatic heterocycles. The van der Waals surface area contributed by atoms with Gasteiger partial charge in [0, 0.05) is 23.0 Å². The number of phenolic OH excluding ortho intramolecular Hbond substituents is 1. The molecule has 2 unspecified atom stereocenters. The van der Waals surface area contributed by atoms with Gasteiger partial charge in [-0.25, -0.2) is 0 Å². The van der Waals surface area contributed by atoms with E-state index in [0.29, 0.717) is 14.3 Å². The zero-order valence-electron chi connectivity index (χ0n) is 16.3. The van der Waals surface area contributed by atoms with E-state index in [9.17, 15) is 5.11 Å². The van der Waals surface area contributed by atoms with Crippen LogP contribution in [0.4, 0.5) is 5.69 Å². The second-order valence-corrected chi connectivity index (χ2v) is 8.12. The zero-order chi connectivity index (χ0) is 19.8. The van der Waals surface area contributed by atoms with Crippen LogP contribution in [0.25, 0.3) is 0 Å². The molecule has 3 nitrogen and oxygen atoms in total. The van der Waals surface area contributed by atoms with Crippen LogP contribution in [0.3, 0.4) is 0 Å². The van der Waals surface area contributed by atoms with Crippen LogP contribution in [0.15, 0.2) is 77.8 Å². The van der Waals surface area contributed by atoms with Crippen molar-refractivity contribution in [2.75, 3.05) is 7.11 Å². The maximum atomic E-state index is 10.4. The fourth-order valence-corrected chi connectivity index (χ4v) is 4.82. The molecule has 1 N–H and O–H groups in total. The van der Waals surface area contributed by atoms with Crippen molar-refractivity contribution in [2.45, 2.75) is 25.4 Å². The highest BCUT2D eigenvalue weighted by Crippen LogP contribution is 2.43. The lowest BCUT2D eigenvalue weighted by Gasteiger charge is -2.20. The number of rotatable bonds is 8. The summed E-state index contributed by atoms with van der Waals surface area (Å²) in [6.45, 7) is 2.18. The van der Waals surface area contributed by atoms with Crippen LogP contribution in [0, 0.1) is 0 Å². The van der Waals surface area contributed by atoms with Crippen molar-refractivity contribution in [3.8, 4) is 11.5 Å². The Balaban J connectivity index is 1.89. The lowest BCUT2D eigenvalue weighted by molar-refractivity contribution is 0.410. The Kier molecular flexibility index (Phi) is 7.22. The molecule has 0 bridgehead atoms. The monoisotopic (exact) mass is 391 g/mol. The van der Waals surface area contributed by atoms with E-state index >= 15 is 0 Å². The molecule has 3 aromatic rings. The Hall–Kier alpha value is -2.64. The van der Waals surface area contributed by atoms with E-state index in [1.165, 1.54) is 5.30 Å². The fourth-order valence-electron chi connectivity index (χ4n) is 3.12. The molecule has 28 heavy (non-hydrogen) atoms. The van der Waals surface area contributed by atoms with Crippen molar-refractivity contribution in [1.82, 2.24) is 0 Å². The average Bonchev–Trinajstić information content (AvgIpc) is 2.74. The number of phenols is 1. The largest absolute Gasteiger partial charge is 0.508 e. The third-order valence-electron chi connectivity index (χ3n) is 4.59. The number of para-hydroxylation sites is 1. The van der Waals surface area contributed by atoms with Crippen LogP contribution in [0.2, 0.25) is 0 Å². The predicted molar refractivity (Wildman–Crippen MR) is 120 cm³/mol. The van der Waals surface area contributed by atoms with Crippen molar-refractivity contribution < 1.29 is 9.84 Å². The Morgan fingerprint density at radius 3 is 2.54 bits per heavy atom. The highest BCUT2D eigenvalue weighted by molar-refractivity contribution is 7.47. The SMILES string of the molecule is CCCC(Pc1ccccc1/C=N/c1ccccc1)c1cc(OC)ccc1O. The van der Waals surface area contributed by atoms with Crippen molar-refractivity contribution >= 4 is 25.8 Å². The van der Waals surface area contributed by atoms with Crippen molar-refractivity contribution in [3.63, 3.8) is 0 Å². The molecule has 2 atom stereocenters. The van der Waals surface area contributed by atoms with Crippen LogP contribution in [-0.2, 0) is 0 Å². The van der Waals surface area contributed by atoms with Gasteiger partial charge in [0.05, 0.1) is 12.8 Å². The molecule has 0 heterocycles.